The standard InChI is InChI=1S/C31H42N10O2/c1-21-17-33-28(16-25(21)26-4-3-5-27(37-26)34-20-30(19-32)12-14-42-15-13-30)36-24-8-6-23(7-9-24)35-22(2)18-43-31(10-11-31)29-38-40-41-39-29/h3-5,16-17,22-24,35H,6-15,18,20H2,1-2H3,(H,33,36)(H,34,37)(H,38,39,40,41)/t22-,23?,24?/m0/s1. The molecular weight excluding hydrogens is 544 g/mol. The third kappa shape index (κ3) is 7.12. The summed E-state index contributed by atoms with van der Waals surface area (Å²) in [6, 6.07) is 11.7. The lowest BCUT2D eigenvalue weighted by atomic mass is 9.82. The van der Waals surface area contributed by atoms with E-state index in [0.29, 0.717) is 44.3 Å². The zero-order valence-corrected chi connectivity index (χ0v) is 25.1. The topological polar surface area (TPSA) is 159 Å². The molecule has 0 unspecified atom stereocenters. The lowest BCUT2D eigenvalue weighted by Gasteiger charge is -2.32. The van der Waals surface area contributed by atoms with Crippen LogP contribution in [0.25, 0.3) is 11.3 Å². The maximum atomic E-state index is 9.79. The van der Waals surface area contributed by atoms with Gasteiger partial charge < -0.3 is 25.4 Å². The molecule has 2 saturated carbocycles. The predicted octanol–water partition coefficient (Wildman–Crippen LogP) is 4.10. The van der Waals surface area contributed by atoms with Gasteiger partial charge in [-0.25, -0.2) is 9.97 Å². The normalized spacial score (nSPS) is 23.2. The van der Waals surface area contributed by atoms with Crippen LogP contribution in [0.4, 0.5) is 11.6 Å². The first kappa shape index (κ1) is 29.4. The van der Waals surface area contributed by atoms with Crippen molar-refractivity contribution in [1.82, 2.24) is 35.9 Å². The number of hydrogen-bond donors (Lipinski definition) is 4. The molecule has 12 heteroatoms. The highest BCUT2D eigenvalue weighted by molar-refractivity contribution is 5.68. The largest absolute Gasteiger partial charge is 0.381 e. The SMILES string of the molecule is Cc1cnc(NC2CCC(N[C@@H](C)COC3(c4nn[nH]n4)CC3)CC2)cc1-c1cccc(NCC2(C#N)CCOCC2)n1. The van der Waals surface area contributed by atoms with Crippen molar-refractivity contribution >= 4 is 11.6 Å². The number of H-pyrrole nitrogens is 1. The van der Waals surface area contributed by atoms with E-state index in [1.54, 1.807) is 0 Å². The smallest absolute Gasteiger partial charge is 0.206 e. The molecule has 1 aliphatic heterocycles. The molecule has 3 aromatic heterocycles. The molecule has 1 saturated heterocycles. The Morgan fingerprint density at radius 3 is 2.63 bits per heavy atom. The van der Waals surface area contributed by atoms with Gasteiger partial charge in [0.05, 0.1) is 23.8 Å². The number of nitriles is 1. The third-order valence-corrected chi connectivity index (χ3v) is 9.09. The van der Waals surface area contributed by atoms with E-state index in [0.717, 1.165) is 79.8 Å². The molecule has 2 aliphatic carbocycles. The van der Waals surface area contributed by atoms with Gasteiger partial charge in [0.1, 0.15) is 17.2 Å². The van der Waals surface area contributed by atoms with Crippen LogP contribution in [0.3, 0.4) is 0 Å². The van der Waals surface area contributed by atoms with E-state index in [1.807, 2.05) is 24.4 Å². The monoisotopic (exact) mass is 586 g/mol. The highest BCUT2D eigenvalue weighted by Gasteiger charge is 2.50. The van der Waals surface area contributed by atoms with Crippen molar-refractivity contribution in [3.63, 3.8) is 0 Å². The van der Waals surface area contributed by atoms with Crippen LogP contribution in [0.1, 0.15) is 69.7 Å². The second-order valence-electron chi connectivity index (χ2n) is 12.5. The molecule has 6 rings (SSSR count). The quantitative estimate of drug-likeness (QED) is 0.242. The number of ether oxygens (including phenoxy) is 2. The van der Waals surface area contributed by atoms with Gasteiger partial charge in [0.2, 0.25) is 5.82 Å². The maximum Gasteiger partial charge on any atom is 0.206 e. The number of hydrogen-bond acceptors (Lipinski definition) is 11. The van der Waals surface area contributed by atoms with Crippen LogP contribution in [0.2, 0.25) is 0 Å². The Bertz CT molecular complexity index is 1390. The average Bonchev–Trinajstić information content (AvgIpc) is 3.62. The lowest BCUT2D eigenvalue weighted by Crippen LogP contribution is -2.43. The van der Waals surface area contributed by atoms with E-state index in [-0.39, 0.29) is 11.6 Å². The van der Waals surface area contributed by atoms with Crippen LogP contribution in [-0.4, -0.2) is 75.1 Å². The summed E-state index contributed by atoms with van der Waals surface area (Å²) in [5, 5.41) is 35.1. The lowest BCUT2D eigenvalue weighted by molar-refractivity contribution is 0.0105. The van der Waals surface area contributed by atoms with E-state index >= 15 is 0 Å². The summed E-state index contributed by atoms with van der Waals surface area (Å²) in [5.41, 5.74) is 2.27. The van der Waals surface area contributed by atoms with E-state index in [4.69, 9.17) is 14.5 Å². The molecule has 3 aromatic rings. The van der Waals surface area contributed by atoms with Gasteiger partial charge in [0.25, 0.3) is 0 Å². The summed E-state index contributed by atoms with van der Waals surface area (Å²) in [6.07, 6.45) is 9.64. The average molecular weight is 587 g/mol. The van der Waals surface area contributed by atoms with Gasteiger partial charge >= 0.3 is 0 Å². The first-order chi connectivity index (χ1) is 21.0. The summed E-state index contributed by atoms with van der Waals surface area (Å²) < 4.78 is 11.7. The summed E-state index contributed by atoms with van der Waals surface area (Å²) >= 11 is 0. The minimum Gasteiger partial charge on any atom is -0.381 e. The van der Waals surface area contributed by atoms with E-state index in [1.165, 1.54) is 0 Å². The number of anilines is 2. The molecule has 4 N–H and O–H groups in total. The minimum absolute atomic E-state index is 0.250. The molecule has 3 aliphatic rings. The Labute approximate surface area is 252 Å². The molecule has 0 spiro atoms. The molecular formula is C31H42N10O2. The summed E-state index contributed by atoms with van der Waals surface area (Å²) in [7, 11) is 0. The van der Waals surface area contributed by atoms with Gasteiger partial charge in [-0.05, 0) is 89.0 Å². The molecule has 0 bridgehead atoms. The fourth-order valence-electron chi connectivity index (χ4n) is 6.16. The van der Waals surface area contributed by atoms with E-state index in [2.05, 4.69) is 67.5 Å². The fraction of sp³-hybridized carbons (Fsp3) is 0.613. The van der Waals surface area contributed by atoms with E-state index in [9.17, 15) is 5.26 Å². The first-order valence-electron chi connectivity index (χ1n) is 15.5. The van der Waals surface area contributed by atoms with Gasteiger partial charge in [-0.15, -0.1) is 10.2 Å². The van der Waals surface area contributed by atoms with Crippen LogP contribution >= 0.6 is 0 Å². The summed E-state index contributed by atoms with van der Waals surface area (Å²) in [4.78, 5) is 9.58. The minimum atomic E-state index is -0.407. The number of nitrogens with one attached hydrogen (secondary N) is 4. The molecule has 4 heterocycles. The predicted molar refractivity (Wildman–Crippen MR) is 162 cm³/mol. The summed E-state index contributed by atoms with van der Waals surface area (Å²) in [6.45, 7) is 6.70. The van der Waals surface area contributed by atoms with Gasteiger partial charge in [-0.2, -0.15) is 10.5 Å². The van der Waals surface area contributed by atoms with Crippen molar-refractivity contribution in [2.24, 2.45) is 5.41 Å². The van der Waals surface area contributed by atoms with Gasteiger partial charge in [-0.1, -0.05) is 11.3 Å². The Kier molecular flexibility index (Phi) is 8.83. The Hall–Kier alpha value is -3.66. The van der Waals surface area contributed by atoms with Gasteiger partial charge in [0.15, 0.2) is 0 Å². The molecule has 228 valence electrons. The second-order valence-corrected chi connectivity index (χ2v) is 12.5. The van der Waals surface area contributed by atoms with Crippen molar-refractivity contribution in [3.05, 3.63) is 41.9 Å². The van der Waals surface area contributed by atoms with Gasteiger partial charge in [-0.3, -0.25) is 0 Å². The van der Waals surface area contributed by atoms with Crippen molar-refractivity contribution in [2.45, 2.75) is 88.9 Å². The number of aryl methyl sites for hydroxylation is 1. The Balaban J connectivity index is 0.994. The maximum absolute atomic E-state index is 9.79. The molecule has 0 aromatic carbocycles. The Morgan fingerprint density at radius 2 is 1.91 bits per heavy atom. The molecule has 3 fully saturated rings. The number of pyridine rings is 2. The molecule has 1 atom stereocenters. The number of tetrazole rings is 1. The second kappa shape index (κ2) is 12.9. The van der Waals surface area contributed by atoms with Crippen molar-refractivity contribution in [1.29, 1.82) is 5.26 Å². The van der Waals surface area contributed by atoms with Crippen molar-refractivity contribution < 1.29 is 9.47 Å². The number of aromatic amines is 1. The van der Waals surface area contributed by atoms with Crippen LogP contribution in [0.5, 0.6) is 0 Å². The number of nitrogens with zero attached hydrogens (tertiary/aromatic N) is 6. The zero-order chi connectivity index (χ0) is 29.7. The Morgan fingerprint density at radius 1 is 1.12 bits per heavy atom. The van der Waals surface area contributed by atoms with Crippen LogP contribution in [0.15, 0.2) is 30.5 Å². The van der Waals surface area contributed by atoms with Gasteiger partial charge in [0, 0.05) is 49.6 Å². The van der Waals surface area contributed by atoms with Crippen molar-refractivity contribution in [2.75, 3.05) is 37.0 Å². The van der Waals surface area contributed by atoms with Crippen molar-refractivity contribution in [3.8, 4) is 17.3 Å². The van der Waals surface area contributed by atoms with Crippen LogP contribution in [0, 0.1) is 23.7 Å². The molecule has 0 amide bonds. The highest BCUT2D eigenvalue weighted by Crippen LogP contribution is 2.47. The highest BCUT2D eigenvalue weighted by atomic mass is 16.5. The molecule has 0 radical (unpaired) electrons. The fourth-order valence-corrected chi connectivity index (χ4v) is 6.16. The molecule has 12 nitrogen and oxygen atoms in total. The number of aromatic nitrogens is 6. The first-order valence-corrected chi connectivity index (χ1v) is 15.5. The van der Waals surface area contributed by atoms with Crippen LogP contribution < -0.4 is 16.0 Å². The number of rotatable bonds is 12. The zero-order valence-electron chi connectivity index (χ0n) is 25.1. The van der Waals surface area contributed by atoms with Crippen LogP contribution in [-0.2, 0) is 15.1 Å². The van der Waals surface area contributed by atoms with E-state index < -0.39 is 5.41 Å². The molecule has 43 heavy (non-hydrogen) atoms. The summed E-state index contributed by atoms with van der Waals surface area (Å²) in [5.74, 6) is 2.32. The third-order valence-electron chi connectivity index (χ3n) is 9.09.